The molecule has 0 N–H and O–H groups in total. The Bertz CT molecular complexity index is 542. The van der Waals surface area contributed by atoms with Crippen molar-refractivity contribution in [2.75, 3.05) is 6.61 Å². The molecule has 0 amide bonds. The van der Waals surface area contributed by atoms with Gasteiger partial charge in [-0.1, -0.05) is 0 Å². The van der Waals surface area contributed by atoms with Crippen molar-refractivity contribution >= 4 is 32.9 Å². The molecule has 0 spiro atoms. The maximum Gasteiger partial charge on any atom is 0.339 e. The summed E-state index contributed by atoms with van der Waals surface area (Å²) in [7, 11) is 0. The molecule has 0 aliphatic rings. The maximum atomic E-state index is 11.5. The van der Waals surface area contributed by atoms with Gasteiger partial charge in [-0.25, -0.2) is 14.8 Å². The third-order valence-corrected chi connectivity index (χ3v) is 2.44. The number of hydrogen-bond donors (Lipinski definition) is 0. The molecule has 0 fully saturated rings. The maximum absolute atomic E-state index is 11.5. The summed E-state index contributed by atoms with van der Waals surface area (Å²) < 4.78 is 5.75. The van der Waals surface area contributed by atoms with E-state index in [1.54, 1.807) is 19.2 Å². The van der Waals surface area contributed by atoms with E-state index in [4.69, 9.17) is 4.74 Å². The first-order valence-electron chi connectivity index (χ1n) is 4.79. The molecular formula is C11H9BrN2O2. The molecule has 0 aliphatic heterocycles. The highest BCUT2D eigenvalue weighted by molar-refractivity contribution is 9.10. The summed E-state index contributed by atoms with van der Waals surface area (Å²) in [6.45, 7) is 2.12. The number of carbonyl (C=O) groups is 1. The third-order valence-electron chi connectivity index (χ3n) is 2.01. The first-order chi connectivity index (χ1) is 7.70. The van der Waals surface area contributed by atoms with Crippen molar-refractivity contribution < 1.29 is 9.53 Å². The monoisotopic (exact) mass is 280 g/mol. The molecule has 0 aliphatic carbocycles. The number of esters is 1. The number of fused-ring (bicyclic) bond motifs is 1. The summed E-state index contributed by atoms with van der Waals surface area (Å²) in [6.07, 6.45) is 3.14. The summed E-state index contributed by atoms with van der Waals surface area (Å²) in [5.41, 5.74) is 1.05. The fourth-order valence-electron chi connectivity index (χ4n) is 1.32. The van der Waals surface area contributed by atoms with Crippen LogP contribution in [0.1, 0.15) is 17.3 Å². The number of aromatic nitrogens is 2. The number of ether oxygens (including phenoxy) is 1. The van der Waals surface area contributed by atoms with E-state index in [2.05, 4.69) is 25.9 Å². The van der Waals surface area contributed by atoms with Gasteiger partial charge in [0.15, 0.2) is 5.65 Å². The van der Waals surface area contributed by atoms with E-state index < -0.39 is 0 Å². The van der Waals surface area contributed by atoms with Gasteiger partial charge in [0.05, 0.1) is 12.2 Å². The highest BCUT2D eigenvalue weighted by Crippen LogP contribution is 2.17. The van der Waals surface area contributed by atoms with Crippen LogP contribution in [0.3, 0.4) is 0 Å². The predicted molar refractivity (Wildman–Crippen MR) is 63.2 cm³/mol. The second-order valence-electron chi connectivity index (χ2n) is 3.14. The molecule has 0 atom stereocenters. The Balaban J connectivity index is 2.46. The Morgan fingerprint density at radius 2 is 2.12 bits per heavy atom. The van der Waals surface area contributed by atoms with Crippen LogP contribution in [0.15, 0.2) is 29.0 Å². The molecule has 0 bridgehead atoms. The molecule has 0 unspecified atom stereocenters. The number of pyridine rings is 2. The van der Waals surface area contributed by atoms with E-state index in [-0.39, 0.29) is 5.97 Å². The van der Waals surface area contributed by atoms with Crippen molar-refractivity contribution in [3.05, 3.63) is 34.6 Å². The van der Waals surface area contributed by atoms with Gasteiger partial charge >= 0.3 is 5.97 Å². The molecule has 2 aromatic rings. The number of nitrogens with zero attached hydrogens (tertiary/aromatic N) is 2. The number of hydrogen-bond acceptors (Lipinski definition) is 4. The molecular weight excluding hydrogens is 272 g/mol. The first-order valence-corrected chi connectivity index (χ1v) is 5.58. The normalized spacial score (nSPS) is 10.4. The van der Waals surface area contributed by atoms with Crippen molar-refractivity contribution in [1.82, 2.24) is 9.97 Å². The minimum atomic E-state index is -0.364. The quantitative estimate of drug-likeness (QED) is 0.794. The molecule has 2 aromatic heterocycles. The average Bonchev–Trinajstić information content (AvgIpc) is 2.28. The van der Waals surface area contributed by atoms with E-state index in [9.17, 15) is 4.79 Å². The van der Waals surface area contributed by atoms with Gasteiger partial charge in [0.1, 0.15) is 0 Å². The number of rotatable bonds is 2. The smallest absolute Gasteiger partial charge is 0.339 e. The van der Waals surface area contributed by atoms with Gasteiger partial charge < -0.3 is 4.74 Å². The predicted octanol–water partition coefficient (Wildman–Crippen LogP) is 2.57. The van der Waals surface area contributed by atoms with E-state index in [0.717, 1.165) is 9.86 Å². The summed E-state index contributed by atoms with van der Waals surface area (Å²) in [5.74, 6) is -0.364. The first kappa shape index (κ1) is 11.0. The Morgan fingerprint density at radius 1 is 1.38 bits per heavy atom. The molecule has 0 radical (unpaired) electrons. The van der Waals surface area contributed by atoms with Gasteiger partial charge in [-0.3, -0.25) is 0 Å². The highest BCUT2D eigenvalue weighted by Gasteiger charge is 2.08. The lowest BCUT2D eigenvalue weighted by Gasteiger charge is -2.02. The second-order valence-corrected chi connectivity index (χ2v) is 4.06. The molecule has 2 rings (SSSR count). The van der Waals surface area contributed by atoms with Crippen molar-refractivity contribution in [3.63, 3.8) is 0 Å². The van der Waals surface area contributed by atoms with E-state index in [1.165, 1.54) is 6.20 Å². The average molecular weight is 281 g/mol. The number of carbonyl (C=O) groups excluding carboxylic acids is 1. The molecule has 16 heavy (non-hydrogen) atoms. The fraction of sp³-hybridized carbons (Fsp3) is 0.182. The highest BCUT2D eigenvalue weighted by atomic mass is 79.9. The fourth-order valence-corrected chi connectivity index (χ4v) is 1.67. The van der Waals surface area contributed by atoms with Crippen molar-refractivity contribution in [1.29, 1.82) is 0 Å². The van der Waals surface area contributed by atoms with Crippen molar-refractivity contribution in [2.45, 2.75) is 6.92 Å². The third kappa shape index (κ3) is 2.19. The van der Waals surface area contributed by atoms with E-state index >= 15 is 0 Å². The van der Waals surface area contributed by atoms with Gasteiger partial charge in [0.25, 0.3) is 0 Å². The molecule has 4 nitrogen and oxygen atoms in total. The lowest BCUT2D eigenvalue weighted by atomic mass is 10.2. The zero-order valence-electron chi connectivity index (χ0n) is 8.61. The Kier molecular flexibility index (Phi) is 3.14. The topological polar surface area (TPSA) is 52.1 Å². The summed E-state index contributed by atoms with van der Waals surface area (Å²) >= 11 is 3.32. The SMILES string of the molecule is CCOC(=O)c1cnc2ncc(Br)cc2c1. The second kappa shape index (κ2) is 4.57. The lowest BCUT2D eigenvalue weighted by molar-refractivity contribution is 0.0526. The van der Waals surface area contributed by atoms with Crippen LogP contribution < -0.4 is 0 Å². The van der Waals surface area contributed by atoms with Crippen molar-refractivity contribution in [2.24, 2.45) is 0 Å². The Morgan fingerprint density at radius 3 is 2.88 bits per heavy atom. The summed E-state index contributed by atoms with van der Waals surface area (Å²) in [6, 6.07) is 3.58. The van der Waals surface area contributed by atoms with Crippen LogP contribution in [-0.2, 0) is 4.74 Å². The van der Waals surface area contributed by atoms with Crippen LogP contribution in [0.2, 0.25) is 0 Å². The van der Waals surface area contributed by atoms with Crippen LogP contribution in [0, 0.1) is 0 Å². The Hall–Kier alpha value is -1.49. The molecule has 0 saturated carbocycles. The standard InChI is InChI=1S/C11H9BrN2O2/c1-2-16-11(15)8-3-7-4-9(12)6-14-10(7)13-5-8/h3-6H,2H2,1H3. The van der Waals surface area contributed by atoms with Crippen LogP contribution >= 0.6 is 15.9 Å². The van der Waals surface area contributed by atoms with Crippen LogP contribution in [0.4, 0.5) is 0 Å². The zero-order valence-corrected chi connectivity index (χ0v) is 10.2. The minimum Gasteiger partial charge on any atom is -0.462 e. The van der Waals surface area contributed by atoms with Gasteiger partial charge in [-0.15, -0.1) is 0 Å². The largest absolute Gasteiger partial charge is 0.462 e. The van der Waals surface area contributed by atoms with E-state index in [0.29, 0.717) is 17.8 Å². The molecule has 82 valence electrons. The van der Waals surface area contributed by atoms with Crippen LogP contribution in [0.25, 0.3) is 11.0 Å². The van der Waals surface area contributed by atoms with Gasteiger partial charge in [0.2, 0.25) is 0 Å². The molecule has 5 heteroatoms. The zero-order chi connectivity index (χ0) is 11.5. The van der Waals surface area contributed by atoms with Gasteiger partial charge in [-0.05, 0) is 35.0 Å². The molecule has 2 heterocycles. The Labute approximate surface area is 101 Å². The van der Waals surface area contributed by atoms with Crippen LogP contribution in [0.5, 0.6) is 0 Å². The van der Waals surface area contributed by atoms with Crippen LogP contribution in [-0.4, -0.2) is 22.5 Å². The van der Waals surface area contributed by atoms with Gasteiger partial charge in [0, 0.05) is 22.3 Å². The minimum absolute atomic E-state index is 0.355. The molecule has 0 saturated heterocycles. The summed E-state index contributed by atoms with van der Waals surface area (Å²) in [5, 5.41) is 0.805. The number of halogens is 1. The van der Waals surface area contributed by atoms with Crippen molar-refractivity contribution in [3.8, 4) is 0 Å². The lowest BCUT2D eigenvalue weighted by Crippen LogP contribution is -2.05. The van der Waals surface area contributed by atoms with E-state index in [1.807, 2.05) is 6.07 Å². The molecule has 0 aromatic carbocycles. The van der Waals surface area contributed by atoms with Gasteiger partial charge in [-0.2, -0.15) is 0 Å². The summed E-state index contributed by atoms with van der Waals surface area (Å²) in [4.78, 5) is 19.7.